The van der Waals surface area contributed by atoms with Crippen molar-refractivity contribution in [1.29, 1.82) is 0 Å². The normalized spacial score (nSPS) is 11.2. The highest BCUT2D eigenvalue weighted by atomic mass is 32.1. The Labute approximate surface area is 119 Å². The molecule has 3 aromatic heterocycles. The van der Waals surface area contributed by atoms with Crippen molar-refractivity contribution in [3.05, 3.63) is 53.4 Å². The number of imidazole rings is 1. The standard InChI is InChI=1S/C14H12N4OS/c1-10-3-2-6-15-13(10)17-12(19)5-4-11-9-16-14-18(11)7-8-20-14/h2-9H,1H3,(H,15,17,19)/b5-4+. The molecule has 0 bridgehead atoms. The van der Waals surface area contributed by atoms with E-state index in [1.165, 1.54) is 6.08 Å². The minimum atomic E-state index is -0.211. The number of thiazole rings is 1. The van der Waals surface area contributed by atoms with Crippen LogP contribution in [0.5, 0.6) is 0 Å². The molecular weight excluding hydrogens is 272 g/mol. The van der Waals surface area contributed by atoms with Crippen LogP contribution in [-0.4, -0.2) is 20.3 Å². The summed E-state index contributed by atoms with van der Waals surface area (Å²) in [5.41, 5.74) is 1.80. The fourth-order valence-electron chi connectivity index (χ4n) is 1.80. The van der Waals surface area contributed by atoms with Crippen LogP contribution in [-0.2, 0) is 4.79 Å². The highest BCUT2D eigenvalue weighted by Gasteiger charge is 2.04. The number of nitrogens with one attached hydrogen (secondary N) is 1. The Balaban J connectivity index is 1.75. The van der Waals surface area contributed by atoms with Crippen molar-refractivity contribution in [2.75, 3.05) is 5.32 Å². The lowest BCUT2D eigenvalue weighted by Gasteiger charge is -2.03. The summed E-state index contributed by atoms with van der Waals surface area (Å²) in [6.07, 6.45) is 8.53. The summed E-state index contributed by atoms with van der Waals surface area (Å²) in [4.78, 5) is 21.1. The molecule has 3 aromatic rings. The average molecular weight is 284 g/mol. The first kappa shape index (κ1) is 12.6. The van der Waals surface area contributed by atoms with Crippen LogP contribution in [0, 0.1) is 6.92 Å². The Hall–Kier alpha value is -2.47. The van der Waals surface area contributed by atoms with Gasteiger partial charge < -0.3 is 5.32 Å². The van der Waals surface area contributed by atoms with Gasteiger partial charge in [-0.1, -0.05) is 6.07 Å². The molecule has 5 nitrogen and oxygen atoms in total. The SMILES string of the molecule is Cc1cccnc1NC(=O)/C=C/c1cnc2sccn12. The number of nitrogens with zero attached hydrogens (tertiary/aromatic N) is 3. The zero-order valence-electron chi connectivity index (χ0n) is 10.8. The van der Waals surface area contributed by atoms with Crippen LogP contribution in [0.4, 0.5) is 5.82 Å². The fourth-order valence-corrected chi connectivity index (χ4v) is 2.50. The van der Waals surface area contributed by atoms with Gasteiger partial charge in [0, 0.05) is 23.8 Å². The summed E-state index contributed by atoms with van der Waals surface area (Å²) < 4.78 is 1.93. The zero-order chi connectivity index (χ0) is 13.9. The number of pyridine rings is 1. The molecule has 20 heavy (non-hydrogen) atoms. The van der Waals surface area contributed by atoms with E-state index in [-0.39, 0.29) is 5.91 Å². The molecule has 1 amide bonds. The number of carbonyl (C=O) groups is 1. The van der Waals surface area contributed by atoms with E-state index in [9.17, 15) is 4.79 Å². The predicted octanol–water partition coefficient (Wildman–Crippen LogP) is 2.75. The molecule has 0 aromatic carbocycles. The van der Waals surface area contributed by atoms with Crippen LogP contribution < -0.4 is 5.32 Å². The second-order valence-corrected chi connectivity index (χ2v) is 5.10. The molecular formula is C14H12N4OS. The van der Waals surface area contributed by atoms with Crippen molar-refractivity contribution < 1.29 is 4.79 Å². The van der Waals surface area contributed by atoms with Gasteiger partial charge in [0.05, 0.1) is 11.9 Å². The van der Waals surface area contributed by atoms with Crippen LogP contribution in [0.15, 0.2) is 42.2 Å². The van der Waals surface area contributed by atoms with Crippen molar-refractivity contribution in [1.82, 2.24) is 14.4 Å². The number of hydrogen-bond acceptors (Lipinski definition) is 4. The Morgan fingerprint density at radius 2 is 2.35 bits per heavy atom. The molecule has 100 valence electrons. The van der Waals surface area contributed by atoms with E-state index < -0.39 is 0 Å². The second kappa shape index (κ2) is 5.26. The van der Waals surface area contributed by atoms with Crippen LogP contribution in [0.3, 0.4) is 0 Å². The quantitative estimate of drug-likeness (QED) is 0.752. The maximum atomic E-state index is 11.9. The van der Waals surface area contributed by atoms with Crippen molar-refractivity contribution >= 4 is 34.1 Å². The topological polar surface area (TPSA) is 59.3 Å². The molecule has 0 aliphatic carbocycles. The average Bonchev–Trinajstić information content (AvgIpc) is 3.02. The molecule has 0 saturated heterocycles. The number of aromatic nitrogens is 3. The second-order valence-electron chi connectivity index (χ2n) is 4.23. The molecule has 6 heteroatoms. The van der Waals surface area contributed by atoms with E-state index in [2.05, 4.69) is 15.3 Å². The van der Waals surface area contributed by atoms with Crippen LogP contribution >= 0.6 is 11.3 Å². The summed E-state index contributed by atoms with van der Waals surface area (Å²) in [7, 11) is 0. The first-order valence-electron chi connectivity index (χ1n) is 6.05. The predicted molar refractivity (Wildman–Crippen MR) is 79.7 cm³/mol. The molecule has 1 N–H and O–H groups in total. The third kappa shape index (κ3) is 2.46. The molecule has 0 fully saturated rings. The van der Waals surface area contributed by atoms with E-state index in [0.29, 0.717) is 5.82 Å². The smallest absolute Gasteiger partial charge is 0.249 e. The lowest BCUT2D eigenvalue weighted by atomic mass is 10.3. The van der Waals surface area contributed by atoms with Crippen molar-refractivity contribution in [2.45, 2.75) is 6.92 Å². The highest BCUT2D eigenvalue weighted by Crippen LogP contribution is 2.14. The summed E-state index contributed by atoms with van der Waals surface area (Å²) >= 11 is 1.55. The van der Waals surface area contributed by atoms with Gasteiger partial charge in [0.2, 0.25) is 5.91 Å². The zero-order valence-corrected chi connectivity index (χ0v) is 11.6. The van der Waals surface area contributed by atoms with E-state index in [1.54, 1.807) is 29.8 Å². The molecule has 0 unspecified atom stereocenters. The van der Waals surface area contributed by atoms with Gasteiger partial charge in [-0.2, -0.15) is 0 Å². The van der Waals surface area contributed by atoms with Gasteiger partial charge in [-0.15, -0.1) is 11.3 Å². The van der Waals surface area contributed by atoms with Gasteiger partial charge in [-0.3, -0.25) is 9.20 Å². The molecule has 0 radical (unpaired) electrons. The van der Waals surface area contributed by atoms with Gasteiger partial charge in [-0.05, 0) is 24.6 Å². The van der Waals surface area contributed by atoms with Crippen molar-refractivity contribution in [3.8, 4) is 0 Å². The maximum absolute atomic E-state index is 11.9. The number of carbonyl (C=O) groups excluding carboxylic acids is 1. The van der Waals surface area contributed by atoms with E-state index in [4.69, 9.17) is 0 Å². The largest absolute Gasteiger partial charge is 0.307 e. The fraction of sp³-hybridized carbons (Fsp3) is 0.0714. The van der Waals surface area contributed by atoms with Crippen LogP contribution in [0.25, 0.3) is 11.0 Å². The van der Waals surface area contributed by atoms with Gasteiger partial charge in [0.1, 0.15) is 5.82 Å². The number of hydrogen-bond donors (Lipinski definition) is 1. The van der Waals surface area contributed by atoms with E-state index in [1.807, 2.05) is 35.0 Å². The van der Waals surface area contributed by atoms with Crippen LogP contribution in [0.2, 0.25) is 0 Å². The highest BCUT2D eigenvalue weighted by molar-refractivity contribution is 7.15. The summed E-state index contributed by atoms with van der Waals surface area (Å²) in [6, 6.07) is 3.73. The van der Waals surface area contributed by atoms with Crippen molar-refractivity contribution in [3.63, 3.8) is 0 Å². The number of fused-ring (bicyclic) bond motifs is 1. The third-order valence-corrected chi connectivity index (χ3v) is 3.60. The van der Waals surface area contributed by atoms with Gasteiger partial charge >= 0.3 is 0 Å². The monoisotopic (exact) mass is 284 g/mol. The molecule has 3 rings (SSSR count). The minimum absolute atomic E-state index is 0.211. The molecule has 3 heterocycles. The Bertz CT molecular complexity index is 787. The van der Waals surface area contributed by atoms with Gasteiger partial charge in [-0.25, -0.2) is 9.97 Å². The number of rotatable bonds is 3. The van der Waals surface area contributed by atoms with Gasteiger partial charge in [0.15, 0.2) is 4.96 Å². The van der Waals surface area contributed by atoms with E-state index >= 15 is 0 Å². The maximum Gasteiger partial charge on any atom is 0.249 e. The molecule has 0 aliphatic heterocycles. The first-order chi connectivity index (χ1) is 9.74. The summed E-state index contributed by atoms with van der Waals surface area (Å²) in [6.45, 7) is 1.90. The van der Waals surface area contributed by atoms with Gasteiger partial charge in [0.25, 0.3) is 0 Å². The number of amides is 1. The van der Waals surface area contributed by atoms with Crippen LogP contribution in [0.1, 0.15) is 11.3 Å². The lowest BCUT2D eigenvalue weighted by Crippen LogP contribution is -2.10. The lowest BCUT2D eigenvalue weighted by molar-refractivity contribution is -0.111. The Morgan fingerprint density at radius 1 is 1.45 bits per heavy atom. The molecule has 0 aliphatic rings. The van der Waals surface area contributed by atoms with Crippen molar-refractivity contribution in [2.24, 2.45) is 0 Å². The Morgan fingerprint density at radius 3 is 3.20 bits per heavy atom. The minimum Gasteiger partial charge on any atom is -0.307 e. The first-order valence-corrected chi connectivity index (χ1v) is 6.93. The Kier molecular flexibility index (Phi) is 3.30. The van der Waals surface area contributed by atoms with E-state index in [0.717, 1.165) is 16.2 Å². The molecule has 0 saturated carbocycles. The summed E-state index contributed by atoms with van der Waals surface area (Å²) in [5, 5.41) is 4.71. The third-order valence-electron chi connectivity index (χ3n) is 2.83. The molecule has 0 spiro atoms. The summed E-state index contributed by atoms with van der Waals surface area (Å²) in [5.74, 6) is 0.369. The number of anilines is 1. The molecule has 0 atom stereocenters. The number of aryl methyl sites for hydroxylation is 1.